The van der Waals surface area contributed by atoms with Crippen molar-refractivity contribution >= 4 is 43.0 Å². The number of nitrogens with one attached hydrogen (secondary N) is 2. The van der Waals surface area contributed by atoms with Crippen LogP contribution in [0.2, 0.25) is 0 Å². The third kappa shape index (κ3) is 5.99. The number of morpholine rings is 1. The average Bonchev–Trinajstić information content (AvgIpc) is 3.25. The minimum Gasteiger partial charge on any atom is -0.379 e. The Morgan fingerprint density at radius 1 is 1.13 bits per heavy atom. The molecule has 0 aliphatic carbocycles. The van der Waals surface area contributed by atoms with Gasteiger partial charge in [0.2, 0.25) is 20.0 Å². The molecular weight excluding hydrogens is 462 g/mol. The molecule has 1 aliphatic rings. The van der Waals surface area contributed by atoms with Gasteiger partial charge in [-0.15, -0.1) is 17.9 Å². The van der Waals surface area contributed by atoms with Gasteiger partial charge in [0.1, 0.15) is 9.77 Å². The van der Waals surface area contributed by atoms with E-state index >= 15 is 0 Å². The normalized spacial score (nSPS) is 15.5. The van der Waals surface area contributed by atoms with Crippen LogP contribution in [0.5, 0.6) is 0 Å². The summed E-state index contributed by atoms with van der Waals surface area (Å²) in [5.41, 5.74) is 0.967. The molecule has 1 aromatic carbocycles. The van der Waals surface area contributed by atoms with Gasteiger partial charge < -0.3 is 10.1 Å². The number of hydrogen-bond acceptors (Lipinski definition) is 7. The van der Waals surface area contributed by atoms with Crippen LogP contribution in [0.15, 0.2) is 53.3 Å². The number of thiophene rings is 1. The molecule has 2 heterocycles. The van der Waals surface area contributed by atoms with Crippen molar-refractivity contribution in [2.24, 2.45) is 0 Å². The van der Waals surface area contributed by atoms with Crippen LogP contribution in [0, 0.1) is 0 Å². The Kier molecular flexibility index (Phi) is 7.62. The number of anilines is 1. The minimum absolute atomic E-state index is 0.0343. The van der Waals surface area contributed by atoms with Crippen LogP contribution in [-0.4, -0.2) is 59.9 Å². The van der Waals surface area contributed by atoms with Crippen LogP contribution in [-0.2, 0) is 30.5 Å². The summed E-state index contributed by atoms with van der Waals surface area (Å²) in [6, 6.07) is 7.74. The number of nitrogens with zero attached hydrogens (tertiary/aromatic N) is 1. The largest absolute Gasteiger partial charge is 0.379 e. The first kappa shape index (κ1) is 23.6. The third-order valence-electron chi connectivity index (χ3n) is 4.44. The molecule has 1 fully saturated rings. The highest BCUT2D eigenvalue weighted by molar-refractivity contribution is 7.89. The van der Waals surface area contributed by atoms with E-state index in [1.165, 1.54) is 16.4 Å². The smallest absolute Gasteiger partial charge is 0.267 e. The van der Waals surface area contributed by atoms with E-state index in [2.05, 4.69) is 16.6 Å². The average molecular weight is 486 g/mol. The molecule has 1 amide bonds. The van der Waals surface area contributed by atoms with Gasteiger partial charge in [0.15, 0.2) is 0 Å². The van der Waals surface area contributed by atoms with Crippen molar-refractivity contribution in [3.05, 3.63) is 58.8 Å². The van der Waals surface area contributed by atoms with E-state index in [0.29, 0.717) is 24.5 Å². The van der Waals surface area contributed by atoms with Gasteiger partial charge in [-0.05, 0) is 29.1 Å². The zero-order valence-corrected chi connectivity index (χ0v) is 19.1. The molecule has 1 aromatic heterocycles. The van der Waals surface area contributed by atoms with Crippen LogP contribution in [0.1, 0.15) is 15.2 Å². The van der Waals surface area contributed by atoms with Crippen LogP contribution in [0.3, 0.4) is 0 Å². The summed E-state index contributed by atoms with van der Waals surface area (Å²) in [5, 5.41) is 4.23. The summed E-state index contributed by atoms with van der Waals surface area (Å²) in [4.78, 5) is 12.8. The molecule has 0 unspecified atom stereocenters. The highest BCUT2D eigenvalue weighted by atomic mass is 32.2. The van der Waals surface area contributed by atoms with Crippen molar-refractivity contribution in [3.63, 3.8) is 0 Å². The zero-order chi connectivity index (χ0) is 22.5. The number of carbonyl (C=O) groups excluding carboxylic acids is 1. The predicted molar refractivity (Wildman–Crippen MR) is 119 cm³/mol. The maximum Gasteiger partial charge on any atom is 0.267 e. The molecule has 9 nitrogen and oxygen atoms in total. The summed E-state index contributed by atoms with van der Waals surface area (Å²) in [5.74, 6) is -0.753. The van der Waals surface area contributed by atoms with Gasteiger partial charge in [-0.2, -0.15) is 4.31 Å². The lowest BCUT2D eigenvalue weighted by molar-refractivity contribution is 0.0730. The fourth-order valence-corrected chi connectivity index (χ4v) is 6.73. The molecule has 12 heteroatoms. The van der Waals surface area contributed by atoms with Crippen molar-refractivity contribution in [2.45, 2.75) is 10.6 Å². The van der Waals surface area contributed by atoms with Gasteiger partial charge in [0, 0.05) is 25.3 Å². The maximum absolute atomic E-state index is 12.9. The lowest BCUT2D eigenvalue weighted by Gasteiger charge is -2.26. The number of carbonyl (C=O) groups is 1. The molecule has 2 aromatic rings. The van der Waals surface area contributed by atoms with Gasteiger partial charge >= 0.3 is 0 Å². The fraction of sp³-hybridized carbons (Fsp3) is 0.316. The Morgan fingerprint density at radius 3 is 2.45 bits per heavy atom. The SMILES string of the molecule is C=CCNS(=O)(=O)Cc1ccc(NC(=O)c2sccc2S(=O)(=O)N2CCOCC2)cc1. The topological polar surface area (TPSA) is 122 Å². The first-order chi connectivity index (χ1) is 14.7. The van der Waals surface area contributed by atoms with E-state index in [4.69, 9.17) is 4.74 Å². The van der Waals surface area contributed by atoms with Gasteiger partial charge in [-0.25, -0.2) is 21.6 Å². The molecule has 31 heavy (non-hydrogen) atoms. The number of benzene rings is 1. The van der Waals surface area contributed by atoms with Crippen LogP contribution in [0.4, 0.5) is 5.69 Å². The lowest BCUT2D eigenvalue weighted by atomic mass is 10.2. The molecule has 1 saturated heterocycles. The van der Waals surface area contributed by atoms with Crippen molar-refractivity contribution in [2.75, 3.05) is 38.2 Å². The minimum atomic E-state index is -3.80. The van der Waals surface area contributed by atoms with Gasteiger partial charge in [-0.3, -0.25) is 4.79 Å². The molecule has 0 bridgehead atoms. The highest BCUT2D eigenvalue weighted by Gasteiger charge is 2.31. The molecular formula is C19H23N3O6S3. The Morgan fingerprint density at radius 2 is 1.81 bits per heavy atom. The highest BCUT2D eigenvalue weighted by Crippen LogP contribution is 2.27. The number of rotatable bonds is 9. The van der Waals surface area contributed by atoms with Gasteiger partial charge in [0.25, 0.3) is 5.91 Å². The predicted octanol–water partition coefficient (Wildman–Crippen LogP) is 1.63. The number of hydrogen-bond donors (Lipinski definition) is 2. The van der Waals surface area contributed by atoms with E-state index in [9.17, 15) is 21.6 Å². The third-order valence-corrected chi connectivity index (χ3v) is 8.74. The molecule has 0 radical (unpaired) electrons. The second-order valence-electron chi connectivity index (χ2n) is 6.68. The molecule has 0 saturated carbocycles. The maximum atomic E-state index is 12.9. The van der Waals surface area contributed by atoms with Crippen LogP contribution < -0.4 is 10.0 Å². The second kappa shape index (κ2) is 10.0. The summed E-state index contributed by atoms with van der Waals surface area (Å²) in [6.45, 7) is 4.73. The molecule has 2 N–H and O–H groups in total. The summed E-state index contributed by atoms with van der Waals surface area (Å²) < 4.78 is 58.6. The molecule has 1 aliphatic heterocycles. The first-order valence-corrected chi connectivity index (χ1v) is 13.3. The van der Waals surface area contributed by atoms with E-state index in [0.717, 1.165) is 11.3 Å². The Labute approximate surface area is 185 Å². The van der Waals surface area contributed by atoms with Gasteiger partial charge in [0.05, 0.1) is 19.0 Å². The summed E-state index contributed by atoms with van der Waals surface area (Å²) in [6.07, 6.45) is 1.45. The van der Waals surface area contributed by atoms with Crippen molar-refractivity contribution in [1.29, 1.82) is 0 Å². The van der Waals surface area contributed by atoms with Crippen LogP contribution >= 0.6 is 11.3 Å². The Bertz CT molecular complexity index is 1130. The molecule has 0 atom stereocenters. The standard InChI is InChI=1S/C19H23N3O6S3/c1-2-8-20-30(24,25)14-15-3-5-16(6-4-15)21-19(23)18-17(7-13-29-18)31(26,27)22-9-11-28-12-10-22/h2-7,13,20H,1,8-12,14H2,(H,21,23). The van der Waals surface area contributed by atoms with E-state index in [1.54, 1.807) is 29.6 Å². The molecule has 0 spiro atoms. The van der Waals surface area contributed by atoms with Crippen molar-refractivity contribution < 1.29 is 26.4 Å². The van der Waals surface area contributed by atoms with Crippen molar-refractivity contribution in [3.8, 4) is 0 Å². The fourth-order valence-electron chi connectivity index (χ4n) is 2.92. The Balaban J connectivity index is 1.70. The zero-order valence-electron chi connectivity index (χ0n) is 16.6. The van der Waals surface area contributed by atoms with E-state index < -0.39 is 26.0 Å². The Hall–Kier alpha value is -2.09. The summed E-state index contributed by atoms with van der Waals surface area (Å²) in [7, 11) is -7.29. The lowest BCUT2D eigenvalue weighted by Crippen LogP contribution is -2.41. The number of amides is 1. The first-order valence-electron chi connectivity index (χ1n) is 9.37. The molecule has 3 rings (SSSR count). The quantitative estimate of drug-likeness (QED) is 0.521. The van der Waals surface area contributed by atoms with E-state index in [1.807, 2.05) is 0 Å². The number of ether oxygens (including phenoxy) is 1. The molecule has 168 valence electrons. The summed E-state index contributed by atoms with van der Waals surface area (Å²) >= 11 is 1.04. The monoisotopic (exact) mass is 485 g/mol. The van der Waals surface area contributed by atoms with Crippen molar-refractivity contribution in [1.82, 2.24) is 9.03 Å². The number of sulfonamides is 2. The second-order valence-corrected chi connectivity index (χ2v) is 11.3. The van der Waals surface area contributed by atoms with Crippen LogP contribution in [0.25, 0.3) is 0 Å². The van der Waals surface area contributed by atoms with Gasteiger partial charge in [-0.1, -0.05) is 18.2 Å². The van der Waals surface area contributed by atoms with E-state index in [-0.39, 0.29) is 35.2 Å².